The highest BCUT2D eigenvalue weighted by atomic mass is 79.9. The molecule has 1 aromatic carbocycles. The van der Waals surface area contributed by atoms with Crippen LogP contribution in [-0.4, -0.2) is 9.78 Å². The zero-order valence-corrected chi connectivity index (χ0v) is 14.1. The lowest BCUT2D eigenvalue weighted by Crippen LogP contribution is -2.06. The molecule has 0 spiro atoms. The van der Waals surface area contributed by atoms with Gasteiger partial charge in [0.05, 0.1) is 16.2 Å². The van der Waals surface area contributed by atoms with Crippen molar-refractivity contribution in [1.29, 1.82) is 0 Å². The van der Waals surface area contributed by atoms with Crippen molar-refractivity contribution < 1.29 is 4.74 Å². The molecule has 1 aromatic heterocycles. The molecule has 5 heteroatoms. The van der Waals surface area contributed by atoms with E-state index in [1.54, 1.807) is 0 Å². The quantitative estimate of drug-likeness (QED) is 0.687. The molecule has 21 heavy (non-hydrogen) atoms. The standard InChI is InChI=1S/C16H18BrClN2O/c17-15-9-12(10-18)5-6-16(15)21-11-13-7-8-20(19-13)14-3-1-2-4-14/h5-9,14H,1-4,10-11H2. The van der Waals surface area contributed by atoms with Gasteiger partial charge in [-0.05, 0) is 52.5 Å². The molecule has 0 saturated heterocycles. The summed E-state index contributed by atoms with van der Waals surface area (Å²) in [5, 5.41) is 4.63. The van der Waals surface area contributed by atoms with Gasteiger partial charge in [-0.1, -0.05) is 18.9 Å². The Morgan fingerprint density at radius 1 is 1.29 bits per heavy atom. The Kier molecular flexibility index (Phi) is 4.86. The Labute approximate surface area is 138 Å². The smallest absolute Gasteiger partial charge is 0.134 e. The fourth-order valence-electron chi connectivity index (χ4n) is 2.72. The molecule has 0 N–H and O–H groups in total. The number of nitrogens with zero attached hydrogens (tertiary/aromatic N) is 2. The first-order valence-electron chi connectivity index (χ1n) is 7.27. The fraction of sp³-hybridized carbons (Fsp3) is 0.438. The lowest BCUT2D eigenvalue weighted by molar-refractivity contribution is 0.296. The molecule has 0 bridgehead atoms. The van der Waals surface area contributed by atoms with Crippen LogP contribution in [-0.2, 0) is 12.5 Å². The maximum atomic E-state index is 5.83. The molecule has 3 rings (SSSR count). The minimum atomic E-state index is 0.485. The lowest BCUT2D eigenvalue weighted by Gasteiger charge is -2.10. The van der Waals surface area contributed by atoms with Gasteiger partial charge in [0.15, 0.2) is 0 Å². The van der Waals surface area contributed by atoms with Crippen molar-refractivity contribution >= 4 is 27.5 Å². The molecule has 1 fully saturated rings. The van der Waals surface area contributed by atoms with Gasteiger partial charge >= 0.3 is 0 Å². The van der Waals surface area contributed by atoms with Crippen molar-refractivity contribution in [3.63, 3.8) is 0 Å². The predicted molar refractivity (Wildman–Crippen MR) is 87.8 cm³/mol. The second-order valence-electron chi connectivity index (χ2n) is 5.41. The molecule has 0 unspecified atom stereocenters. The Balaban J connectivity index is 1.62. The summed E-state index contributed by atoms with van der Waals surface area (Å²) < 4.78 is 8.85. The molecule has 3 nitrogen and oxygen atoms in total. The number of hydrogen-bond acceptors (Lipinski definition) is 2. The minimum absolute atomic E-state index is 0.485. The Morgan fingerprint density at radius 2 is 2.10 bits per heavy atom. The number of aromatic nitrogens is 2. The SMILES string of the molecule is ClCc1ccc(OCc2ccn(C3CCCC3)n2)c(Br)c1. The summed E-state index contributed by atoms with van der Waals surface area (Å²) >= 11 is 9.33. The fourth-order valence-corrected chi connectivity index (χ4v) is 3.43. The molecule has 2 aromatic rings. The van der Waals surface area contributed by atoms with Crippen LogP contribution in [0.4, 0.5) is 0 Å². The molecule has 1 saturated carbocycles. The van der Waals surface area contributed by atoms with Crippen molar-refractivity contribution in [1.82, 2.24) is 9.78 Å². The van der Waals surface area contributed by atoms with Gasteiger partial charge < -0.3 is 4.74 Å². The zero-order valence-electron chi connectivity index (χ0n) is 11.8. The van der Waals surface area contributed by atoms with Crippen molar-refractivity contribution in [2.75, 3.05) is 0 Å². The number of hydrogen-bond donors (Lipinski definition) is 0. The maximum absolute atomic E-state index is 5.83. The molecule has 1 aliphatic carbocycles. The molecular formula is C16H18BrClN2O. The van der Waals surface area contributed by atoms with Crippen LogP contribution in [0.2, 0.25) is 0 Å². The van der Waals surface area contributed by atoms with Crippen LogP contribution in [0.25, 0.3) is 0 Å². The number of ether oxygens (including phenoxy) is 1. The monoisotopic (exact) mass is 368 g/mol. The van der Waals surface area contributed by atoms with E-state index in [2.05, 4.69) is 31.9 Å². The van der Waals surface area contributed by atoms with Crippen LogP contribution in [0.1, 0.15) is 43.0 Å². The summed E-state index contributed by atoms with van der Waals surface area (Å²) in [5.74, 6) is 1.32. The molecule has 0 amide bonds. The van der Waals surface area contributed by atoms with E-state index in [0.717, 1.165) is 21.5 Å². The molecule has 1 aliphatic rings. The van der Waals surface area contributed by atoms with Crippen LogP contribution >= 0.6 is 27.5 Å². The first-order chi connectivity index (χ1) is 10.3. The molecule has 0 aliphatic heterocycles. The number of benzene rings is 1. The second-order valence-corrected chi connectivity index (χ2v) is 6.53. The summed E-state index contributed by atoms with van der Waals surface area (Å²) in [7, 11) is 0. The number of rotatable bonds is 5. The van der Waals surface area contributed by atoms with E-state index in [1.165, 1.54) is 25.7 Å². The number of halogens is 2. The predicted octanol–water partition coefficient (Wildman–Crippen LogP) is 5.08. The summed E-state index contributed by atoms with van der Waals surface area (Å²) in [4.78, 5) is 0. The third kappa shape index (κ3) is 3.61. The van der Waals surface area contributed by atoms with Crippen molar-refractivity contribution in [2.24, 2.45) is 0 Å². The Bertz CT molecular complexity index is 608. The average Bonchev–Trinajstić information content (AvgIpc) is 3.16. The van der Waals surface area contributed by atoms with E-state index in [9.17, 15) is 0 Å². The molecular weight excluding hydrogens is 352 g/mol. The highest BCUT2D eigenvalue weighted by Crippen LogP contribution is 2.29. The summed E-state index contributed by atoms with van der Waals surface area (Å²) in [6.45, 7) is 0.485. The van der Waals surface area contributed by atoms with Crippen molar-refractivity contribution in [2.45, 2.75) is 44.2 Å². The van der Waals surface area contributed by atoms with Gasteiger partial charge in [0.1, 0.15) is 12.4 Å². The van der Waals surface area contributed by atoms with Gasteiger partial charge in [0, 0.05) is 12.1 Å². The van der Waals surface area contributed by atoms with Crippen LogP contribution in [0, 0.1) is 0 Å². The first kappa shape index (κ1) is 14.9. The minimum Gasteiger partial charge on any atom is -0.486 e. The topological polar surface area (TPSA) is 27.1 Å². The summed E-state index contributed by atoms with van der Waals surface area (Å²) in [6.07, 6.45) is 7.19. The summed E-state index contributed by atoms with van der Waals surface area (Å²) in [5.41, 5.74) is 2.04. The van der Waals surface area contributed by atoms with Crippen LogP contribution in [0.15, 0.2) is 34.9 Å². The van der Waals surface area contributed by atoms with Crippen LogP contribution in [0.3, 0.4) is 0 Å². The largest absolute Gasteiger partial charge is 0.486 e. The molecule has 1 heterocycles. The highest BCUT2D eigenvalue weighted by molar-refractivity contribution is 9.10. The van der Waals surface area contributed by atoms with Crippen molar-refractivity contribution in [3.05, 3.63) is 46.2 Å². The van der Waals surface area contributed by atoms with E-state index in [0.29, 0.717) is 18.5 Å². The van der Waals surface area contributed by atoms with Crippen LogP contribution < -0.4 is 4.74 Å². The van der Waals surface area contributed by atoms with E-state index >= 15 is 0 Å². The first-order valence-corrected chi connectivity index (χ1v) is 8.60. The van der Waals surface area contributed by atoms with Crippen LogP contribution in [0.5, 0.6) is 5.75 Å². The van der Waals surface area contributed by atoms with Gasteiger partial charge in [-0.3, -0.25) is 4.68 Å². The van der Waals surface area contributed by atoms with E-state index in [-0.39, 0.29) is 0 Å². The van der Waals surface area contributed by atoms with Gasteiger partial charge in [-0.25, -0.2) is 0 Å². The molecule has 0 atom stereocenters. The van der Waals surface area contributed by atoms with E-state index in [1.807, 2.05) is 24.3 Å². The second kappa shape index (κ2) is 6.84. The zero-order chi connectivity index (χ0) is 14.7. The van der Waals surface area contributed by atoms with Gasteiger partial charge in [0.25, 0.3) is 0 Å². The molecule has 0 radical (unpaired) electrons. The Morgan fingerprint density at radius 3 is 2.81 bits per heavy atom. The van der Waals surface area contributed by atoms with Gasteiger partial charge in [-0.2, -0.15) is 5.10 Å². The van der Waals surface area contributed by atoms with E-state index < -0.39 is 0 Å². The third-order valence-electron chi connectivity index (χ3n) is 3.89. The lowest BCUT2D eigenvalue weighted by atomic mass is 10.2. The van der Waals surface area contributed by atoms with Gasteiger partial charge in [0.2, 0.25) is 0 Å². The number of alkyl halides is 1. The highest BCUT2D eigenvalue weighted by Gasteiger charge is 2.17. The normalized spacial score (nSPS) is 15.5. The van der Waals surface area contributed by atoms with Gasteiger partial charge in [-0.15, -0.1) is 11.6 Å². The average molecular weight is 370 g/mol. The third-order valence-corrected chi connectivity index (χ3v) is 4.82. The Hall–Kier alpha value is -1.00. The summed E-state index contributed by atoms with van der Waals surface area (Å²) in [6, 6.07) is 8.52. The maximum Gasteiger partial charge on any atom is 0.134 e. The van der Waals surface area contributed by atoms with E-state index in [4.69, 9.17) is 16.3 Å². The molecule has 112 valence electrons. The van der Waals surface area contributed by atoms with Crippen molar-refractivity contribution in [3.8, 4) is 5.75 Å².